The van der Waals surface area contributed by atoms with E-state index in [4.69, 9.17) is 4.42 Å². The molecule has 0 saturated carbocycles. The minimum Gasteiger partial charge on any atom is -0.408 e. The van der Waals surface area contributed by atoms with Gasteiger partial charge in [0.15, 0.2) is 0 Å². The van der Waals surface area contributed by atoms with Crippen LogP contribution in [0.5, 0.6) is 0 Å². The maximum atomic E-state index is 11.7. The molecule has 1 unspecified atom stereocenters. The van der Waals surface area contributed by atoms with Gasteiger partial charge in [0.2, 0.25) is 11.8 Å². The van der Waals surface area contributed by atoms with Crippen molar-refractivity contribution in [1.29, 1.82) is 0 Å². The first-order valence-corrected chi connectivity index (χ1v) is 5.67. The van der Waals surface area contributed by atoms with Crippen molar-refractivity contribution in [2.45, 2.75) is 19.4 Å². The van der Waals surface area contributed by atoms with E-state index < -0.39 is 0 Å². The molecule has 1 aromatic rings. The molecule has 1 aliphatic heterocycles. The van der Waals surface area contributed by atoms with Gasteiger partial charge in [0, 0.05) is 26.1 Å². The molecule has 2 rings (SSSR count). The third-order valence-corrected chi connectivity index (χ3v) is 2.82. The summed E-state index contributed by atoms with van der Waals surface area (Å²) in [6.45, 7) is 3.87. The van der Waals surface area contributed by atoms with E-state index in [1.54, 1.807) is 6.92 Å². The van der Waals surface area contributed by atoms with Gasteiger partial charge in [0.05, 0.1) is 6.54 Å². The van der Waals surface area contributed by atoms with Crippen LogP contribution < -0.4 is 10.6 Å². The number of likely N-dealkylation sites (tertiary alicyclic amines) is 1. The predicted octanol–water partition coefficient (Wildman–Crippen LogP) is -0.390. The van der Waals surface area contributed by atoms with Crippen molar-refractivity contribution in [3.8, 4) is 0 Å². The summed E-state index contributed by atoms with van der Waals surface area (Å²) in [5, 5.41) is 13.1. The Balaban J connectivity index is 1.78. The number of rotatable bonds is 4. The summed E-state index contributed by atoms with van der Waals surface area (Å²) < 4.78 is 5.08. The summed E-state index contributed by atoms with van der Waals surface area (Å²) in [7, 11) is 1.94. The number of carbonyl (C=O) groups is 1. The first-order chi connectivity index (χ1) is 8.17. The van der Waals surface area contributed by atoms with Crippen LogP contribution in [0.1, 0.15) is 12.3 Å². The molecule has 1 amide bonds. The Morgan fingerprint density at radius 2 is 2.41 bits per heavy atom. The average Bonchev–Trinajstić information content (AvgIpc) is 2.88. The first-order valence-electron chi connectivity index (χ1n) is 5.67. The highest BCUT2D eigenvalue weighted by Crippen LogP contribution is 2.09. The molecule has 2 heterocycles. The van der Waals surface area contributed by atoms with Crippen molar-refractivity contribution in [2.75, 3.05) is 32.0 Å². The predicted molar refractivity (Wildman–Crippen MR) is 61.6 cm³/mol. The molecule has 1 saturated heterocycles. The summed E-state index contributed by atoms with van der Waals surface area (Å²) in [4.78, 5) is 13.8. The summed E-state index contributed by atoms with van der Waals surface area (Å²) in [6.07, 6.45) is 1.07. The number of anilines is 1. The lowest BCUT2D eigenvalue weighted by Crippen LogP contribution is -2.34. The van der Waals surface area contributed by atoms with Gasteiger partial charge in [0.1, 0.15) is 0 Å². The van der Waals surface area contributed by atoms with Crippen molar-refractivity contribution < 1.29 is 9.21 Å². The molecule has 17 heavy (non-hydrogen) atoms. The highest BCUT2D eigenvalue weighted by atomic mass is 16.4. The van der Waals surface area contributed by atoms with Crippen molar-refractivity contribution in [2.24, 2.45) is 0 Å². The number of hydrogen-bond acceptors (Lipinski definition) is 6. The van der Waals surface area contributed by atoms with Crippen LogP contribution in [0.15, 0.2) is 4.42 Å². The van der Waals surface area contributed by atoms with E-state index in [0.717, 1.165) is 19.5 Å². The van der Waals surface area contributed by atoms with Crippen LogP contribution in [0.3, 0.4) is 0 Å². The minimum absolute atomic E-state index is 0.120. The second kappa shape index (κ2) is 5.24. The van der Waals surface area contributed by atoms with Gasteiger partial charge in [-0.15, -0.1) is 5.10 Å². The maximum Gasteiger partial charge on any atom is 0.322 e. The normalized spacial score (nSPS) is 20.7. The van der Waals surface area contributed by atoms with Crippen molar-refractivity contribution >= 4 is 11.9 Å². The Bertz CT molecular complexity index is 392. The van der Waals surface area contributed by atoms with Crippen molar-refractivity contribution in [1.82, 2.24) is 20.4 Å². The van der Waals surface area contributed by atoms with E-state index in [2.05, 4.69) is 25.7 Å². The SMILES string of the molecule is CNC1CCN(CC(=O)Nc2nnc(C)o2)C1. The second-order valence-corrected chi connectivity index (χ2v) is 4.18. The number of likely N-dealkylation sites (N-methyl/N-ethyl adjacent to an activating group) is 1. The van der Waals surface area contributed by atoms with Gasteiger partial charge in [0.25, 0.3) is 0 Å². The largest absolute Gasteiger partial charge is 0.408 e. The van der Waals surface area contributed by atoms with E-state index in [1.807, 2.05) is 7.05 Å². The number of amides is 1. The second-order valence-electron chi connectivity index (χ2n) is 4.18. The fourth-order valence-corrected chi connectivity index (χ4v) is 1.92. The Morgan fingerprint density at radius 3 is 3.00 bits per heavy atom. The van der Waals surface area contributed by atoms with E-state index in [-0.39, 0.29) is 11.9 Å². The Hall–Kier alpha value is -1.47. The number of carbonyl (C=O) groups excluding carboxylic acids is 1. The van der Waals surface area contributed by atoms with Gasteiger partial charge >= 0.3 is 6.01 Å². The smallest absolute Gasteiger partial charge is 0.322 e. The monoisotopic (exact) mass is 239 g/mol. The number of aromatic nitrogens is 2. The summed E-state index contributed by atoms with van der Waals surface area (Å²) in [6, 6.07) is 0.644. The van der Waals surface area contributed by atoms with Crippen molar-refractivity contribution in [3.05, 3.63) is 5.89 Å². The molecule has 0 bridgehead atoms. The lowest BCUT2D eigenvalue weighted by atomic mass is 10.3. The fraction of sp³-hybridized carbons (Fsp3) is 0.700. The van der Waals surface area contributed by atoms with Crippen LogP contribution in [0.2, 0.25) is 0 Å². The average molecular weight is 239 g/mol. The van der Waals surface area contributed by atoms with Gasteiger partial charge in [-0.3, -0.25) is 15.0 Å². The van der Waals surface area contributed by atoms with Crippen LogP contribution in [0.25, 0.3) is 0 Å². The molecular formula is C10H17N5O2. The summed E-state index contributed by atoms with van der Waals surface area (Å²) in [5.41, 5.74) is 0. The molecule has 7 nitrogen and oxygen atoms in total. The van der Waals surface area contributed by atoms with Gasteiger partial charge in [-0.05, 0) is 13.5 Å². The number of nitrogens with one attached hydrogen (secondary N) is 2. The number of hydrogen-bond donors (Lipinski definition) is 2. The quantitative estimate of drug-likeness (QED) is 0.744. The lowest BCUT2D eigenvalue weighted by molar-refractivity contribution is -0.117. The third kappa shape index (κ3) is 3.24. The van der Waals surface area contributed by atoms with Gasteiger partial charge < -0.3 is 9.73 Å². The molecule has 1 fully saturated rings. The molecule has 0 radical (unpaired) electrons. The molecule has 1 aliphatic rings. The zero-order valence-electron chi connectivity index (χ0n) is 10.1. The van der Waals surface area contributed by atoms with Crippen LogP contribution >= 0.6 is 0 Å². The van der Waals surface area contributed by atoms with Crippen LogP contribution in [-0.4, -0.2) is 53.7 Å². The molecule has 94 valence electrons. The number of nitrogens with zero attached hydrogens (tertiary/aromatic N) is 3. The molecule has 1 aromatic heterocycles. The molecule has 7 heteroatoms. The lowest BCUT2D eigenvalue weighted by Gasteiger charge is -2.14. The van der Waals surface area contributed by atoms with Crippen LogP contribution in [0, 0.1) is 6.92 Å². The zero-order valence-corrected chi connectivity index (χ0v) is 10.1. The summed E-state index contributed by atoms with van der Waals surface area (Å²) >= 11 is 0. The Labute approximate surface area is 99.6 Å². The minimum atomic E-state index is -0.120. The summed E-state index contributed by atoms with van der Waals surface area (Å²) in [5.74, 6) is 0.321. The van der Waals surface area contributed by atoms with E-state index in [0.29, 0.717) is 18.5 Å². The topological polar surface area (TPSA) is 83.3 Å². The van der Waals surface area contributed by atoms with Gasteiger partial charge in [-0.25, -0.2) is 0 Å². The van der Waals surface area contributed by atoms with Crippen LogP contribution in [-0.2, 0) is 4.79 Å². The van der Waals surface area contributed by atoms with Gasteiger partial charge in [-0.1, -0.05) is 5.10 Å². The highest BCUT2D eigenvalue weighted by Gasteiger charge is 2.23. The van der Waals surface area contributed by atoms with E-state index in [9.17, 15) is 4.79 Å². The fourth-order valence-electron chi connectivity index (χ4n) is 1.92. The molecule has 0 aliphatic carbocycles. The maximum absolute atomic E-state index is 11.7. The molecule has 2 N–H and O–H groups in total. The Kier molecular flexibility index (Phi) is 3.70. The third-order valence-electron chi connectivity index (χ3n) is 2.82. The molecular weight excluding hydrogens is 222 g/mol. The molecule has 0 aromatic carbocycles. The van der Waals surface area contributed by atoms with Crippen molar-refractivity contribution in [3.63, 3.8) is 0 Å². The number of aryl methyl sites for hydroxylation is 1. The van der Waals surface area contributed by atoms with Gasteiger partial charge in [-0.2, -0.15) is 0 Å². The first kappa shape index (κ1) is 12.0. The standard InChI is InChI=1S/C10H17N5O2/c1-7-13-14-10(17-7)12-9(16)6-15-4-3-8(5-15)11-2/h8,11H,3-6H2,1-2H3,(H,12,14,16). The molecule has 0 spiro atoms. The molecule has 1 atom stereocenters. The highest BCUT2D eigenvalue weighted by molar-refractivity contribution is 5.90. The van der Waals surface area contributed by atoms with Crippen LogP contribution in [0.4, 0.5) is 6.01 Å². The Morgan fingerprint density at radius 1 is 1.59 bits per heavy atom. The zero-order chi connectivity index (χ0) is 12.3. The van der Waals surface area contributed by atoms with E-state index in [1.165, 1.54) is 0 Å². The van der Waals surface area contributed by atoms with E-state index >= 15 is 0 Å².